The normalized spacial score (nSPS) is 19.6. The topological polar surface area (TPSA) is 29.3 Å². The van der Waals surface area contributed by atoms with Crippen molar-refractivity contribution in [2.75, 3.05) is 13.1 Å². The zero-order chi connectivity index (χ0) is 14.0. The molecule has 1 aromatic carbocycles. The van der Waals surface area contributed by atoms with Gasteiger partial charge in [0.25, 0.3) is 0 Å². The highest BCUT2D eigenvalue weighted by Crippen LogP contribution is 2.23. The van der Waals surface area contributed by atoms with Gasteiger partial charge in [0.05, 0.1) is 0 Å². The summed E-state index contributed by atoms with van der Waals surface area (Å²) in [5.74, 6) is 0.719. The Labute approximate surface area is 118 Å². The minimum Gasteiger partial charge on any atom is -0.328 e. The molecule has 19 heavy (non-hydrogen) atoms. The van der Waals surface area contributed by atoms with Crippen molar-refractivity contribution < 1.29 is 0 Å². The number of aryl methyl sites for hydroxylation is 3. The van der Waals surface area contributed by atoms with E-state index in [0.717, 1.165) is 12.5 Å². The molecule has 2 heteroatoms. The largest absolute Gasteiger partial charge is 0.328 e. The van der Waals surface area contributed by atoms with Crippen LogP contribution in [0.2, 0.25) is 0 Å². The van der Waals surface area contributed by atoms with Crippen LogP contribution in [-0.4, -0.2) is 24.0 Å². The van der Waals surface area contributed by atoms with Gasteiger partial charge in [-0.3, -0.25) is 4.90 Å². The Morgan fingerprint density at radius 2 is 1.68 bits per heavy atom. The minimum absolute atomic E-state index is 0.352. The summed E-state index contributed by atoms with van der Waals surface area (Å²) in [4.78, 5) is 2.59. The fourth-order valence-electron chi connectivity index (χ4n) is 3.32. The Morgan fingerprint density at radius 3 is 2.16 bits per heavy atom. The van der Waals surface area contributed by atoms with Crippen LogP contribution in [0.15, 0.2) is 12.1 Å². The van der Waals surface area contributed by atoms with Crippen LogP contribution in [0.5, 0.6) is 0 Å². The van der Waals surface area contributed by atoms with Crippen molar-refractivity contribution in [2.24, 2.45) is 11.7 Å². The van der Waals surface area contributed by atoms with E-state index in [1.807, 2.05) is 0 Å². The summed E-state index contributed by atoms with van der Waals surface area (Å²) in [6, 6.07) is 4.96. The molecule has 0 spiro atoms. The molecule has 1 aromatic rings. The third-order valence-corrected chi connectivity index (χ3v) is 4.60. The number of rotatable bonds is 3. The van der Waals surface area contributed by atoms with E-state index in [0.29, 0.717) is 6.04 Å². The second-order valence-corrected chi connectivity index (χ2v) is 6.35. The summed E-state index contributed by atoms with van der Waals surface area (Å²) in [6.07, 6.45) is 2.50. The van der Waals surface area contributed by atoms with Crippen LogP contribution in [0, 0.1) is 26.7 Å². The molecular weight excluding hydrogens is 232 g/mol. The number of piperidine rings is 1. The van der Waals surface area contributed by atoms with E-state index in [9.17, 15) is 0 Å². The van der Waals surface area contributed by atoms with E-state index in [1.165, 1.54) is 48.2 Å². The van der Waals surface area contributed by atoms with Gasteiger partial charge in [0, 0.05) is 12.6 Å². The average Bonchev–Trinajstić information content (AvgIpc) is 2.34. The zero-order valence-corrected chi connectivity index (χ0v) is 12.9. The molecule has 1 fully saturated rings. The molecule has 0 aromatic heterocycles. The van der Waals surface area contributed by atoms with E-state index in [-0.39, 0.29) is 0 Å². The molecule has 0 bridgehead atoms. The molecule has 0 aliphatic carbocycles. The quantitative estimate of drug-likeness (QED) is 0.904. The number of hydrogen-bond acceptors (Lipinski definition) is 2. The highest BCUT2D eigenvalue weighted by Gasteiger charge is 2.22. The van der Waals surface area contributed by atoms with Crippen molar-refractivity contribution in [2.45, 2.75) is 53.1 Å². The highest BCUT2D eigenvalue weighted by molar-refractivity contribution is 5.37. The first kappa shape index (κ1) is 14.5. The molecule has 1 aliphatic heterocycles. The lowest BCUT2D eigenvalue weighted by molar-refractivity contribution is 0.165. The summed E-state index contributed by atoms with van der Waals surface area (Å²) in [5, 5.41) is 0. The zero-order valence-electron chi connectivity index (χ0n) is 12.9. The van der Waals surface area contributed by atoms with Crippen molar-refractivity contribution in [3.63, 3.8) is 0 Å². The summed E-state index contributed by atoms with van der Waals surface area (Å²) in [5.41, 5.74) is 11.8. The predicted molar refractivity (Wildman–Crippen MR) is 82.3 cm³/mol. The highest BCUT2D eigenvalue weighted by atomic mass is 15.1. The van der Waals surface area contributed by atoms with Gasteiger partial charge in [0.15, 0.2) is 0 Å². The van der Waals surface area contributed by atoms with Gasteiger partial charge in [-0.2, -0.15) is 0 Å². The SMILES string of the molecule is Cc1cc(C)c(CN2CCC(C(C)N)CC2)c(C)c1. The smallest absolute Gasteiger partial charge is 0.0238 e. The van der Waals surface area contributed by atoms with Crippen LogP contribution in [0.25, 0.3) is 0 Å². The molecule has 0 saturated carbocycles. The molecule has 1 saturated heterocycles. The summed E-state index contributed by atoms with van der Waals surface area (Å²) < 4.78 is 0. The Balaban J connectivity index is 2.00. The Bertz CT molecular complexity index is 406. The first-order valence-electron chi connectivity index (χ1n) is 7.52. The van der Waals surface area contributed by atoms with Crippen molar-refractivity contribution in [1.29, 1.82) is 0 Å². The molecule has 2 N–H and O–H groups in total. The molecule has 1 aliphatic rings. The average molecular weight is 260 g/mol. The van der Waals surface area contributed by atoms with Crippen LogP contribution < -0.4 is 5.73 Å². The molecule has 0 radical (unpaired) electrons. The number of benzene rings is 1. The van der Waals surface area contributed by atoms with E-state index in [1.54, 1.807) is 0 Å². The van der Waals surface area contributed by atoms with Crippen LogP contribution in [0.3, 0.4) is 0 Å². The number of hydrogen-bond donors (Lipinski definition) is 1. The van der Waals surface area contributed by atoms with Gasteiger partial charge in [0.1, 0.15) is 0 Å². The van der Waals surface area contributed by atoms with Gasteiger partial charge in [0.2, 0.25) is 0 Å². The van der Waals surface area contributed by atoms with Crippen LogP contribution >= 0.6 is 0 Å². The van der Waals surface area contributed by atoms with Crippen LogP contribution in [0.4, 0.5) is 0 Å². The van der Waals surface area contributed by atoms with E-state index < -0.39 is 0 Å². The summed E-state index contributed by atoms with van der Waals surface area (Å²) in [6.45, 7) is 12.3. The first-order chi connectivity index (χ1) is 8.97. The Morgan fingerprint density at radius 1 is 1.16 bits per heavy atom. The fourth-order valence-corrected chi connectivity index (χ4v) is 3.32. The number of nitrogens with zero attached hydrogens (tertiary/aromatic N) is 1. The molecule has 106 valence electrons. The van der Waals surface area contributed by atoms with E-state index in [2.05, 4.69) is 44.7 Å². The maximum Gasteiger partial charge on any atom is 0.0238 e. The summed E-state index contributed by atoms with van der Waals surface area (Å²) >= 11 is 0. The lowest BCUT2D eigenvalue weighted by atomic mass is 9.90. The second-order valence-electron chi connectivity index (χ2n) is 6.35. The van der Waals surface area contributed by atoms with Gasteiger partial charge in [-0.1, -0.05) is 17.7 Å². The predicted octanol–water partition coefficient (Wildman–Crippen LogP) is 3.17. The van der Waals surface area contributed by atoms with Gasteiger partial charge in [-0.05, 0) is 76.2 Å². The van der Waals surface area contributed by atoms with Crippen molar-refractivity contribution in [1.82, 2.24) is 4.90 Å². The lowest BCUT2D eigenvalue weighted by Crippen LogP contribution is -2.39. The van der Waals surface area contributed by atoms with Gasteiger partial charge >= 0.3 is 0 Å². The molecule has 1 atom stereocenters. The van der Waals surface area contributed by atoms with Crippen LogP contribution in [0.1, 0.15) is 42.0 Å². The van der Waals surface area contributed by atoms with E-state index in [4.69, 9.17) is 5.73 Å². The maximum absolute atomic E-state index is 6.01. The fraction of sp³-hybridized carbons (Fsp3) is 0.647. The van der Waals surface area contributed by atoms with Crippen molar-refractivity contribution in [3.05, 3.63) is 34.4 Å². The number of nitrogens with two attached hydrogens (primary N) is 1. The van der Waals surface area contributed by atoms with Gasteiger partial charge < -0.3 is 5.73 Å². The maximum atomic E-state index is 6.01. The Kier molecular flexibility index (Phi) is 4.64. The molecule has 1 heterocycles. The lowest BCUT2D eigenvalue weighted by Gasteiger charge is -2.34. The van der Waals surface area contributed by atoms with Gasteiger partial charge in [-0.25, -0.2) is 0 Å². The molecule has 1 unspecified atom stereocenters. The molecule has 0 amide bonds. The molecule has 2 rings (SSSR count). The minimum atomic E-state index is 0.352. The third kappa shape index (κ3) is 3.58. The van der Waals surface area contributed by atoms with Crippen molar-refractivity contribution >= 4 is 0 Å². The van der Waals surface area contributed by atoms with Crippen LogP contribution in [-0.2, 0) is 6.54 Å². The second kappa shape index (κ2) is 6.06. The molecular formula is C17H28N2. The molecule has 2 nitrogen and oxygen atoms in total. The van der Waals surface area contributed by atoms with Gasteiger partial charge in [-0.15, -0.1) is 0 Å². The third-order valence-electron chi connectivity index (χ3n) is 4.60. The first-order valence-corrected chi connectivity index (χ1v) is 7.52. The standard InChI is InChI=1S/C17H28N2/c1-12-9-13(2)17(14(3)10-12)11-19-7-5-16(6-8-19)15(4)18/h9-10,15-16H,5-8,11,18H2,1-4H3. The summed E-state index contributed by atoms with van der Waals surface area (Å²) in [7, 11) is 0. The van der Waals surface area contributed by atoms with E-state index >= 15 is 0 Å². The van der Waals surface area contributed by atoms with Crippen molar-refractivity contribution in [3.8, 4) is 0 Å². The Hall–Kier alpha value is -0.860. The monoisotopic (exact) mass is 260 g/mol. The number of likely N-dealkylation sites (tertiary alicyclic amines) is 1.